The Hall–Kier alpha value is -3.52. The van der Waals surface area contributed by atoms with Crippen LogP contribution in [0.25, 0.3) is 0 Å². The van der Waals surface area contributed by atoms with E-state index in [0.717, 1.165) is 21.5 Å². The monoisotopic (exact) mass is 425 g/mol. The summed E-state index contributed by atoms with van der Waals surface area (Å²) in [6.07, 6.45) is 1.43. The minimum absolute atomic E-state index is 0.0445. The van der Waals surface area contributed by atoms with Crippen molar-refractivity contribution in [2.45, 2.75) is 11.8 Å². The molecule has 8 heteroatoms. The first-order valence-corrected chi connectivity index (χ1v) is 10.5. The molecule has 154 valence electrons. The number of hydrazone groups is 1. The van der Waals surface area contributed by atoms with Gasteiger partial charge in [0.25, 0.3) is 15.9 Å². The summed E-state index contributed by atoms with van der Waals surface area (Å²) in [6, 6.07) is 20.6. The molecule has 0 aliphatic heterocycles. The number of para-hydroxylation sites is 1. The predicted octanol–water partition coefficient (Wildman–Crippen LogP) is 3.48. The predicted molar refractivity (Wildman–Crippen MR) is 114 cm³/mol. The Labute approximate surface area is 174 Å². The van der Waals surface area contributed by atoms with E-state index < -0.39 is 28.3 Å². The Morgan fingerprint density at radius 2 is 1.63 bits per heavy atom. The van der Waals surface area contributed by atoms with Crippen molar-refractivity contribution in [1.29, 1.82) is 0 Å². The van der Waals surface area contributed by atoms with Crippen LogP contribution in [0.15, 0.2) is 88.9 Å². The molecule has 0 radical (unpaired) electrons. The number of rotatable bonds is 7. The van der Waals surface area contributed by atoms with E-state index in [0.29, 0.717) is 0 Å². The van der Waals surface area contributed by atoms with Crippen molar-refractivity contribution in [1.82, 2.24) is 5.43 Å². The number of hydrogen-bond donors (Lipinski definition) is 1. The highest BCUT2D eigenvalue weighted by atomic mass is 32.2. The first-order chi connectivity index (χ1) is 14.4. The van der Waals surface area contributed by atoms with Crippen LogP contribution in [-0.2, 0) is 14.8 Å². The summed E-state index contributed by atoms with van der Waals surface area (Å²) in [5, 5.41) is 3.84. The first-order valence-electron chi connectivity index (χ1n) is 9.09. The quantitative estimate of drug-likeness (QED) is 0.465. The zero-order valence-corrected chi connectivity index (χ0v) is 17.0. The van der Waals surface area contributed by atoms with Gasteiger partial charge in [-0.15, -0.1) is 0 Å². The number of hydrogen-bond acceptors (Lipinski definition) is 4. The number of nitrogens with zero attached hydrogens (tertiary/aromatic N) is 2. The van der Waals surface area contributed by atoms with Crippen molar-refractivity contribution in [2.24, 2.45) is 5.10 Å². The van der Waals surface area contributed by atoms with E-state index in [4.69, 9.17) is 0 Å². The maximum Gasteiger partial charge on any atom is 0.264 e. The number of sulfonamides is 1. The fourth-order valence-corrected chi connectivity index (χ4v) is 4.10. The minimum Gasteiger partial charge on any atom is -0.271 e. The Kier molecular flexibility index (Phi) is 6.58. The highest BCUT2D eigenvalue weighted by molar-refractivity contribution is 7.92. The van der Waals surface area contributed by atoms with Crippen LogP contribution < -0.4 is 9.73 Å². The lowest BCUT2D eigenvalue weighted by molar-refractivity contribution is -0.119. The largest absolute Gasteiger partial charge is 0.271 e. The average Bonchev–Trinajstić information content (AvgIpc) is 2.74. The van der Waals surface area contributed by atoms with Gasteiger partial charge in [0.1, 0.15) is 12.4 Å². The van der Waals surface area contributed by atoms with Crippen molar-refractivity contribution in [3.05, 3.63) is 95.8 Å². The van der Waals surface area contributed by atoms with Crippen molar-refractivity contribution >= 4 is 27.8 Å². The maximum atomic E-state index is 14.4. The van der Waals surface area contributed by atoms with Gasteiger partial charge < -0.3 is 0 Å². The summed E-state index contributed by atoms with van der Waals surface area (Å²) < 4.78 is 41.5. The molecule has 3 aromatic carbocycles. The lowest BCUT2D eigenvalue weighted by atomic mass is 10.2. The minimum atomic E-state index is -4.19. The molecular weight excluding hydrogens is 405 g/mol. The van der Waals surface area contributed by atoms with Crippen LogP contribution >= 0.6 is 0 Å². The Morgan fingerprint density at radius 1 is 1.00 bits per heavy atom. The zero-order chi connectivity index (χ0) is 21.6. The molecule has 0 spiro atoms. The van der Waals surface area contributed by atoms with Crippen LogP contribution in [0.1, 0.15) is 11.1 Å². The molecule has 0 unspecified atom stereocenters. The Morgan fingerprint density at radius 3 is 2.30 bits per heavy atom. The number of halogens is 1. The first kappa shape index (κ1) is 21.2. The standard InChI is InChI=1S/C22H20FN3O3S/c1-17-11-13-19(14-12-17)30(28,29)26(21-10-6-5-9-20(21)23)16-22(27)25-24-15-18-7-3-2-4-8-18/h2-15H,16H2,1H3,(H,25,27)/b24-15+. The smallest absolute Gasteiger partial charge is 0.264 e. The van der Waals surface area contributed by atoms with Gasteiger partial charge in [0.05, 0.1) is 16.8 Å². The van der Waals surface area contributed by atoms with Gasteiger partial charge in [0, 0.05) is 0 Å². The fourth-order valence-electron chi connectivity index (χ4n) is 2.67. The normalized spacial score (nSPS) is 11.4. The van der Waals surface area contributed by atoms with Crippen LogP contribution in [-0.4, -0.2) is 27.1 Å². The summed E-state index contributed by atoms with van der Waals surface area (Å²) in [6.45, 7) is 1.19. The van der Waals surface area contributed by atoms with Crippen LogP contribution in [0.3, 0.4) is 0 Å². The molecule has 0 fully saturated rings. The molecule has 0 bridgehead atoms. The molecule has 0 aliphatic rings. The van der Waals surface area contributed by atoms with Gasteiger partial charge in [0.15, 0.2) is 0 Å². The van der Waals surface area contributed by atoms with Gasteiger partial charge in [0.2, 0.25) is 0 Å². The van der Waals surface area contributed by atoms with E-state index in [1.165, 1.54) is 36.5 Å². The number of anilines is 1. The van der Waals surface area contributed by atoms with Crippen molar-refractivity contribution < 1.29 is 17.6 Å². The lowest BCUT2D eigenvalue weighted by Crippen LogP contribution is -2.40. The van der Waals surface area contributed by atoms with Crippen molar-refractivity contribution in [3.63, 3.8) is 0 Å². The summed E-state index contributed by atoms with van der Waals surface area (Å²) >= 11 is 0. The number of aryl methyl sites for hydroxylation is 1. The lowest BCUT2D eigenvalue weighted by Gasteiger charge is -2.24. The SMILES string of the molecule is Cc1ccc(S(=O)(=O)N(CC(=O)N/N=C/c2ccccc2)c2ccccc2F)cc1. The second-order valence-corrected chi connectivity index (χ2v) is 8.34. The fraction of sp³-hybridized carbons (Fsp3) is 0.0909. The average molecular weight is 425 g/mol. The highest BCUT2D eigenvalue weighted by Crippen LogP contribution is 2.26. The molecule has 30 heavy (non-hydrogen) atoms. The summed E-state index contributed by atoms with van der Waals surface area (Å²) in [7, 11) is -4.19. The van der Waals surface area contributed by atoms with E-state index in [1.54, 1.807) is 24.3 Å². The molecule has 0 aromatic heterocycles. The second kappa shape index (κ2) is 9.32. The van der Waals surface area contributed by atoms with Crippen LogP contribution in [0.4, 0.5) is 10.1 Å². The van der Waals surface area contributed by atoms with Gasteiger partial charge in [-0.1, -0.05) is 60.2 Å². The number of carbonyl (C=O) groups excluding carboxylic acids is 1. The van der Waals surface area contributed by atoms with E-state index in [-0.39, 0.29) is 10.6 Å². The molecule has 0 saturated heterocycles. The third kappa shape index (κ3) is 5.09. The van der Waals surface area contributed by atoms with E-state index in [9.17, 15) is 17.6 Å². The molecule has 6 nitrogen and oxygen atoms in total. The molecular formula is C22H20FN3O3S. The van der Waals surface area contributed by atoms with E-state index in [2.05, 4.69) is 10.5 Å². The Bertz CT molecular complexity index is 1150. The van der Waals surface area contributed by atoms with Gasteiger partial charge in [-0.05, 0) is 36.8 Å². The van der Waals surface area contributed by atoms with Crippen LogP contribution in [0, 0.1) is 12.7 Å². The number of benzene rings is 3. The summed E-state index contributed by atoms with van der Waals surface area (Å²) in [5.74, 6) is -1.46. The van der Waals surface area contributed by atoms with Crippen molar-refractivity contribution in [3.8, 4) is 0 Å². The number of nitrogens with one attached hydrogen (secondary N) is 1. The molecule has 3 rings (SSSR count). The third-order valence-electron chi connectivity index (χ3n) is 4.22. The maximum absolute atomic E-state index is 14.4. The second-order valence-electron chi connectivity index (χ2n) is 6.48. The van der Waals surface area contributed by atoms with E-state index in [1.807, 2.05) is 25.1 Å². The topological polar surface area (TPSA) is 78.8 Å². The zero-order valence-electron chi connectivity index (χ0n) is 16.2. The summed E-state index contributed by atoms with van der Waals surface area (Å²) in [4.78, 5) is 12.4. The van der Waals surface area contributed by atoms with Gasteiger partial charge >= 0.3 is 0 Å². The molecule has 0 atom stereocenters. The molecule has 0 saturated carbocycles. The highest BCUT2D eigenvalue weighted by Gasteiger charge is 2.29. The van der Waals surface area contributed by atoms with E-state index >= 15 is 0 Å². The molecule has 0 heterocycles. The van der Waals surface area contributed by atoms with Gasteiger partial charge in [-0.25, -0.2) is 18.2 Å². The van der Waals surface area contributed by atoms with Gasteiger partial charge in [-0.2, -0.15) is 5.10 Å². The summed E-state index contributed by atoms with van der Waals surface area (Å²) in [5.41, 5.74) is 3.70. The Balaban J connectivity index is 1.87. The third-order valence-corrected chi connectivity index (χ3v) is 5.99. The van der Waals surface area contributed by atoms with Crippen molar-refractivity contribution in [2.75, 3.05) is 10.8 Å². The number of amides is 1. The van der Waals surface area contributed by atoms with Crippen LogP contribution in [0.5, 0.6) is 0 Å². The number of carbonyl (C=O) groups is 1. The molecule has 1 amide bonds. The van der Waals surface area contributed by atoms with Gasteiger partial charge in [-0.3, -0.25) is 9.10 Å². The molecule has 1 N–H and O–H groups in total. The van der Waals surface area contributed by atoms with Crippen LogP contribution in [0.2, 0.25) is 0 Å². The molecule has 3 aromatic rings. The molecule has 0 aliphatic carbocycles.